The van der Waals surface area contributed by atoms with Gasteiger partial charge in [-0.1, -0.05) is 43.8 Å². The molecule has 39 heavy (non-hydrogen) atoms. The van der Waals surface area contributed by atoms with Crippen molar-refractivity contribution in [1.29, 1.82) is 0 Å². The van der Waals surface area contributed by atoms with Crippen molar-refractivity contribution >= 4 is 36.3 Å². The number of rotatable bonds is 11. The first-order valence-corrected chi connectivity index (χ1v) is 18.4. The molecule has 9 nitrogen and oxygen atoms in total. The van der Waals surface area contributed by atoms with Crippen molar-refractivity contribution in [2.45, 2.75) is 70.6 Å². The molecule has 1 fully saturated rings. The molecule has 0 radical (unpaired) electrons. The SMILES string of the molecule is CN(C)CCn1cc(-c2cnc3ccc(/N=c4\sc(C5CCCC5)nn4COCC[Si](C)(C)C)nc3c2)cn1. The van der Waals surface area contributed by atoms with E-state index in [-0.39, 0.29) is 0 Å². The second-order valence-corrected chi connectivity index (χ2v) is 18.5. The van der Waals surface area contributed by atoms with Gasteiger partial charge in [-0.15, -0.1) is 0 Å². The largest absolute Gasteiger partial charge is 0.359 e. The molecule has 4 heterocycles. The van der Waals surface area contributed by atoms with E-state index in [2.05, 4.69) is 61.0 Å². The van der Waals surface area contributed by atoms with Crippen LogP contribution in [0.4, 0.5) is 5.82 Å². The highest BCUT2D eigenvalue weighted by Crippen LogP contribution is 2.34. The minimum absolute atomic E-state index is 0.420. The van der Waals surface area contributed by atoms with Crippen LogP contribution >= 0.6 is 11.3 Å². The minimum atomic E-state index is -1.15. The lowest BCUT2D eigenvalue weighted by Crippen LogP contribution is -2.24. The zero-order chi connectivity index (χ0) is 27.4. The van der Waals surface area contributed by atoms with Gasteiger partial charge in [0, 0.05) is 50.7 Å². The maximum atomic E-state index is 6.06. The number of fused-ring (bicyclic) bond motifs is 1. The van der Waals surface area contributed by atoms with Crippen LogP contribution in [-0.4, -0.2) is 69.7 Å². The van der Waals surface area contributed by atoms with Crippen LogP contribution in [0.15, 0.2) is 41.8 Å². The number of ether oxygens (including phenoxy) is 1. The van der Waals surface area contributed by atoms with E-state index in [9.17, 15) is 0 Å². The molecule has 0 unspecified atom stereocenters. The highest BCUT2D eigenvalue weighted by atomic mass is 32.1. The van der Waals surface area contributed by atoms with Gasteiger partial charge in [-0.3, -0.25) is 9.67 Å². The topological polar surface area (TPSA) is 86.2 Å². The first kappa shape index (κ1) is 27.8. The Balaban J connectivity index is 1.41. The normalized spacial score (nSPS) is 15.3. The first-order chi connectivity index (χ1) is 18.7. The number of nitrogens with zero attached hydrogens (tertiary/aromatic N) is 8. The molecule has 11 heteroatoms. The van der Waals surface area contributed by atoms with Crippen molar-refractivity contribution in [3.05, 3.63) is 46.6 Å². The Bertz CT molecular complexity index is 1460. The fourth-order valence-corrected chi connectivity index (χ4v) is 6.44. The monoisotopic (exact) mass is 564 g/mol. The van der Waals surface area contributed by atoms with Crippen LogP contribution in [-0.2, 0) is 18.0 Å². The molecule has 0 N–H and O–H groups in total. The fourth-order valence-electron chi connectivity index (χ4n) is 4.61. The smallest absolute Gasteiger partial charge is 0.211 e. The molecule has 1 aliphatic carbocycles. The van der Waals surface area contributed by atoms with Crippen molar-refractivity contribution in [1.82, 2.24) is 34.4 Å². The van der Waals surface area contributed by atoms with Crippen molar-refractivity contribution in [3.8, 4) is 11.1 Å². The third-order valence-electron chi connectivity index (χ3n) is 7.03. The molecule has 0 bridgehead atoms. The Hall–Kier alpha value is -2.73. The number of aromatic nitrogens is 6. The van der Waals surface area contributed by atoms with E-state index in [1.54, 1.807) is 11.3 Å². The number of hydrogen-bond acceptors (Lipinski definition) is 8. The van der Waals surface area contributed by atoms with Gasteiger partial charge >= 0.3 is 0 Å². The standard InChI is InChI=1S/C28H40N8OSSi/c1-34(2)12-13-35-19-23(18-30-35)22-16-25-24(29-17-22)10-11-26(31-25)32-28-36(20-37-14-15-39(3,4)5)33-27(38-28)21-8-6-7-9-21/h10-11,16-19,21H,6-9,12-15,20H2,1-5H3/b32-28-. The Kier molecular flexibility index (Phi) is 8.70. The third kappa shape index (κ3) is 7.47. The number of hydrogen-bond donors (Lipinski definition) is 0. The molecule has 1 saturated carbocycles. The van der Waals surface area contributed by atoms with E-state index in [4.69, 9.17) is 19.8 Å². The van der Waals surface area contributed by atoms with Gasteiger partial charge in [0.25, 0.3) is 0 Å². The Morgan fingerprint density at radius 2 is 1.92 bits per heavy atom. The van der Waals surface area contributed by atoms with Crippen LogP contribution in [0.5, 0.6) is 0 Å². The quantitative estimate of drug-likeness (QED) is 0.176. The fraction of sp³-hybridized carbons (Fsp3) is 0.536. The summed E-state index contributed by atoms with van der Waals surface area (Å²) < 4.78 is 9.95. The van der Waals surface area contributed by atoms with E-state index < -0.39 is 8.07 Å². The molecule has 1 aliphatic rings. The second-order valence-electron chi connectivity index (χ2n) is 11.9. The lowest BCUT2D eigenvalue weighted by Gasteiger charge is -2.15. The summed E-state index contributed by atoms with van der Waals surface area (Å²) in [5.74, 6) is 1.18. The molecule has 0 saturated heterocycles. The van der Waals surface area contributed by atoms with Crippen LogP contribution in [0.2, 0.25) is 25.7 Å². The zero-order valence-electron chi connectivity index (χ0n) is 23.8. The molecule has 0 aliphatic heterocycles. The van der Waals surface area contributed by atoms with Crippen LogP contribution in [0.3, 0.4) is 0 Å². The van der Waals surface area contributed by atoms with E-state index >= 15 is 0 Å². The van der Waals surface area contributed by atoms with Crippen LogP contribution in [0.1, 0.15) is 36.6 Å². The maximum absolute atomic E-state index is 6.06. The summed E-state index contributed by atoms with van der Waals surface area (Å²) in [4.78, 5) is 17.5. The first-order valence-electron chi connectivity index (χ1n) is 13.9. The highest BCUT2D eigenvalue weighted by Gasteiger charge is 2.22. The van der Waals surface area contributed by atoms with Crippen molar-refractivity contribution in [2.75, 3.05) is 27.2 Å². The molecule has 0 amide bonds. The minimum Gasteiger partial charge on any atom is -0.359 e. The average Bonchev–Trinajstić information content (AvgIpc) is 3.66. The summed E-state index contributed by atoms with van der Waals surface area (Å²) in [6.45, 7) is 10.1. The van der Waals surface area contributed by atoms with Gasteiger partial charge in [0.15, 0.2) is 5.82 Å². The molecule has 0 aromatic carbocycles. The molecular weight excluding hydrogens is 525 g/mol. The van der Waals surface area contributed by atoms with Gasteiger partial charge in [0.2, 0.25) is 4.80 Å². The summed E-state index contributed by atoms with van der Waals surface area (Å²) in [6, 6.07) is 7.12. The number of pyridine rings is 2. The third-order valence-corrected chi connectivity index (χ3v) is 9.84. The van der Waals surface area contributed by atoms with E-state index in [0.717, 1.165) is 57.7 Å². The Morgan fingerprint density at radius 3 is 2.69 bits per heavy atom. The number of likely N-dealkylation sites (N-methyl/N-ethyl adjacent to an activating group) is 1. The second kappa shape index (κ2) is 12.2. The van der Waals surface area contributed by atoms with Crippen LogP contribution in [0.25, 0.3) is 22.2 Å². The summed E-state index contributed by atoms with van der Waals surface area (Å²) in [5, 5.41) is 10.6. The molecule has 208 valence electrons. The Morgan fingerprint density at radius 1 is 1.10 bits per heavy atom. The van der Waals surface area contributed by atoms with Gasteiger partial charge in [-0.2, -0.15) is 15.2 Å². The van der Waals surface area contributed by atoms with Gasteiger partial charge in [-0.25, -0.2) is 9.67 Å². The maximum Gasteiger partial charge on any atom is 0.211 e. The van der Waals surface area contributed by atoms with Gasteiger partial charge < -0.3 is 9.64 Å². The van der Waals surface area contributed by atoms with E-state index in [0.29, 0.717) is 18.5 Å². The van der Waals surface area contributed by atoms with Crippen molar-refractivity contribution in [3.63, 3.8) is 0 Å². The molecule has 0 atom stereocenters. The predicted octanol–water partition coefficient (Wildman–Crippen LogP) is 5.52. The molecule has 4 aromatic heterocycles. The summed E-state index contributed by atoms with van der Waals surface area (Å²) in [5.41, 5.74) is 3.68. The van der Waals surface area contributed by atoms with Crippen LogP contribution in [0, 0.1) is 0 Å². The average molecular weight is 565 g/mol. The van der Waals surface area contributed by atoms with Crippen LogP contribution < -0.4 is 4.80 Å². The van der Waals surface area contributed by atoms with E-state index in [1.165, 1.54) is 25.7 Å². The van der Waals surface area contributed by atoms with E-state index in [1.807, 2.05) is 33.9 Å². The lowest BCUT2D eigenvalue weighted by molar-refractivity contribution is 0.0757. The van der Waals surface area contributed by atoms with Gasteiger partial charge in [0.1, 0.15) is 11.7 Å². The summed E-state index contributed by atoms with van der Waals surface area (Å²) >= 11 is 1.67. The highest BCUT2D eigenvalue weighted by molar-refractivity contribution is 7.08. The summed E-state index contributed by atoms with van der Waals surface area (Å²) in [6.07, 6.45) is 10.8. The molecule has 5 rings (SSSR count). The Labute approximate surface area is 235 Å². The summed E-state index contributed by atoms with van der Waals surface area (Å²) in [7, 11) is 2.98. The molecule has 0 spiro atoms. The lowest BCUT2D eigenvalue weighted by atomic mass is 10.1. The molecule has 4 aromatic rings. The van der Waals surface area contributed by atoms with Crippen molar-refractivity contribution < 1.29 is 4.74 Å². The zero-order valence-corrected chi connectivity index (χ0v) is 25.6. The molecular formula is C28H40N8OSSi. The van der Waals surface area contributed by atoms with Gasteiger partial charge in [-0.05, 0) is 51.2 Å². The predicted molar refractivity (Wildman–Crippen MR) is 160 cm³/mol. The van der Waals surface area contributed by atoms with Crippen molar-refractivity contribution in [2.24, 2.45) is 4.99 Å². The van der Waals surface area contributed by atoms with Gasteiger partial charge in [0.05, 0.1) is 23.8 Å².